The maximum Gasteiger partial charge on any atom is 0.254 e. The Morgan fingerprint density at radius 1 is 1.24 bits per heavy atom. The third-order valence-electron chi connectivity index (χ3n) is 2.93. The molecule has 0 unspecified atom stereocenters. The lowest BCUT2D eigenvalue weighted by molar-refractivity contribution is 0.0827. The number of aromatic nitrogens is 1. The van der Waals surface area contributed by atoms with Crippen molar-refractivity contribution in [3.63, 3.8) is 0 Å². The molecule has 1 N–H and O–H groups in total. The Morgan fingerprint density at radius 3 is 2.48 bits per heavy atom. The average molecular weight is 280 g/mol. The van der Waals surface area contributed by atoms with Gasteiger partial charge < -0.3 is 10.2 Å². The van der Waals surface area contributed by atoms with Crippen LogP contribution in [0.1, 0.15) is 15.9 Å². The molecule has 1 heterocycles. The molecule has 21 heavy (non-hydrogen) atoms. The first kappa shape index (κ1) is 14.5. The summed E-state index contributed by atoms with van der Waals surface area (Å²) in [5.74, 6) is 0.591. The van der Waals surface area contributed by atoms with E-state index < -0.39 is 0 Å². The SMILES string of the molecule is CN(C)C(=O)c1ccc(Nc2ccc(CC#N)cc2)nc1. The highest BCUT2D eigenvalue weighted by molar-refractivity contribution is 5.93. The first-order chi connectivity index (χ1) is 10.1. The largest absolute Gasteiger partial charge is 0.345 e. The number of carbonyl (C=O) groups excluding carboxylic acids is 1. The molecule has 5 heteroatoms. The van der Waals surface area contributed by atoms with Crippen molar-refractivity contribution in [2.75, 3.05) is 19.4 Å². The fourth-order valence-corrected chi connectivity index (χ4v) is 1.80. The van der Waals surface area contributed by atoms with Gasteiger partial charge in [-0.3, -0.25) is 4.79 Å². The molecular weight excluding hydrogens is 264 g/mol. The summed E-state index contributed by atoms with van der Waals surface area (Å²) in [4.78, 5) is 17.5. The number of carbonyl (C=O) groups is 1. The second-order valence-electron chi connectivity index (χ2n) is 4.79. The van der Waals surface area contributed by atoms with Crippen molar-refractivity contribution in [2.45, 2.75) is 6.42 Å². The summed E-state index contributed by atoms with van der Waals surface area (Å²) >= 11 is 0. The third kappa shape index (κ3) is 3.80. The van der Waals surface area contributed by atoms with E-state index in [1.807, 2.05) is 24.3 Å². The van der Waals surface area contributed by atoms with Crippen molar-refractivity contribution in [1.82, 2.24) is 9.88 Å². The van der Waals surface area contributed by atoms with E-state index in [4.69, 9.17) is 5.26 Å². The minimum Gasteiger partial charge on any atom is -0.345 e. The smallest absolute Gasteiger partial charge is 0.254 e. The summed E-state index contributed by atoms with van der Waals surface area (Å²) in [6.45, 7) is 0. The van der Waals surface area contributed by atoms with Gasteiger partial charge in [-0.05, 0) is 29.8 Å². The quantitative estimate of drug-likeness (QED) is 0.934. The molecule has 5 nitrogen and oxygen atoms in total. The molecule has 0 aliphatic rings. The maximum atomic E-state index is 11.8. The van der Waals surface area contributed by atoms with E-state index in [9.17, 15) is 4.79 Å². The van der Waals surface area contributed by atoms with Crippen LogP contribution in [0.4, 0.5) is 11.5 Å². The Kier molecular flexibility index (Phi) is 4.52. The first-order valence-electron chi connectivity index (χ1n) is 6.51. The predicted octanol–water partition coefficient (Wildman–Crippen LogP) is 2.59. The second kappa shape index (κ2) is 6.53. The van der Waals surface area contributed by atoms with E-state index in [2.05, 4.69) is 16.4 Å². The Bertz CT molecular complexity index is 654. The number of hydrogen-bond acceptors (Lipinski definition) is 4. The second-order valence-corrected chi connectivity index (χ2v) is 4.79. The summed E-state index contributed by atoms with van der Waals surface area (Å²) in [7, 11) is 3.41. The molecule has 1 aromatic carbocycles. The van der Waals surface area contributed by atoms with E-state index >= 15 is 0 Å². The summed E-state index contributed by atoms with van der Waals surface area (Å²) in [6, 6.07) is 13.2. The maximum absolute atomic E-state index is 11.8. The van der Waals surface area contributed by atoms with Crippen LogP contribution in [0.5, 0.6) is 0 Å². The number of hydrogen-bond donors (Lipinski definition) is 1. The highest BCUT2D eigenvalue weighted by Gasteiger charge is 2.07. The van der Waals surface area contributed by atoms with Crippen molar-refractivity contribution in [1.29, 1.82) is 5.26 Å². The molecule has 0 aliphatic carbocycles. The summed E-state index contributed by atoms with van der Waals surface area (Å²) in [6.07, 6.45) is 1.95. The number of nitrogens with one attached hydrogen (secondary N) is 1. The lowest BCUT2D eigenvalue weighted by Crippen LogP contribution is -2.21. The highest BCUT2D eigenvalue weighted by Crippen LogP contribution is 2.16. The van der Waals surface area contributed by atoms with Crippen LogP contribution < -0.4 is 5.32 Å². The molecule has 2 aromatic rings. The van der Waals surface area contributed by atoms with Gasteiger partial charge in [0.2, 0.25) is 0 Å². The van der Waals surface area contributed by atoms with Crippen molar-refractivity contribution in [3.8, 4) is 6.07 Å². The minimum atomic E-state index is -0.0742. The Hall–Kier alpha value is -2.87. The normalized spacial score (nSPS) is 9.76. The monoisotopic (exact) mass is 280 g/mol. The van der Waals surface area contributed by atoms with E-state index in [-0.39, 0.29) is 5.91 Å². The summed E-state index contributed by atoms with van der Waals surface area (Å²) < 4.78 is 0. The van der Waals surface area contributed by atoms with Gasteiger partial charge in [0.05, 0.1) is 18.1 Å². The zero-order valence-corrected chi connectivity index (χ0v) is 12.0. The molecular formula is C16H16N4O. The lowest BCUT2D eigenvalue weighted by atomic mass is 10.1. The van der Waals surface area contributed by atoms with Crippen LogP contribution in [0.15, 0.2) is 42.6 Å². The number of rotatable bonds is 4. The Labute approximate surface area is 123 Å². The molecule has 0 bridgehead atoms. The van der Waals surface area contributed by atoms with Crippen LogP contribution in [0.3, 0.4) is 0 Å². The molecule has 106 valence electrons. The van der Waals surface area contributed by atoms with Gasteiger partial charge >= 0.3 is 0 Å². The number of anilines is 2. The fraction of sp³-hybridized carbons (Fsp3) is 0.188. The topological polar surface area (TPSA) is 69.0 Å². The Balaban J connectivity index is 2.06. The molecule has 2 rings (SSSR count). The Morgan fingerprint density at radius 2 is 1.95 bits per heavy atom. The number of benzene rings is 1. The molecule has 1 amide bonds. The van der Waals surface area contributed by atoms with Crippen LogP contribution in [-0.2, 0) is 6.42 Å². The van der Waals surface area contributed by atoms with Crippen molar-refractivity contribution in [3.05, 3.63) is 53.7 Å². The van der Waals surface area contributed by atoms with Gasteiger partial charge in [-0.2, -0.15) is 5.26 Å². The molecule has 0 saturated carbocycles. The standard InChI is InChI=1S/C16H16N4O/c1-20(2)16(21)13-5-8-15(18-11-13)19-14-6-3-12(4-7-14)9-10-17/h3-8,11H,9H2,1-2H3,(H,18,19). The number of nitrogens with zero attached hydrogens (tertiary/aromatic N) is 3. The highest BCUT2D eigenvalue weighted by atomic mass is 16.2. The molecule has 0 radical (unpaired) electrons. The van der Waals surface area contributed by atoms with E-state index in [0.717, 1.165) is 11.3 Å². The zero-order valence-electron chi connectivity index (χ0n) is 12.0. The third-order valence-corrected chi connectivity index (χ3v) is 2.93. The predicted molar refractivity (Wildman–Crippen MR) is 81.3 cm³/mol. The zero-order chi connectivity index (χ0) is 15.2. The summed E-state index contributed by atoms with van der Waals surface area (Å²) in [5.41, 5.74) is 2.41. The van der Waals surface area contributed by atoms with Gasteiger partial charge in [0.15, 0.2) is 0 Å². The van der Waals surface area contributed by atoms with Gasteiger partial charge in [-0.1, -0.05) is 12.1 Å². The van der Waals surface area contributed by atoms with E-state index in [1.165, 1.54) is 4.90 Å². The van der Waals surface area contributed by atoms with Crippen LogP contribution in [0, 0.1) is 11.3 Å². The van der Waals surface area contributed by atoms with Crippen molar-refractivity contribution in [2.24, 2.45) is 0 Å². The summed E-state index contributed by atoms with van der Waals surface area (Å²) in [5, 5.41) is 11.8. The fourth-order valence-electron chi connectivity index (χ4n) is 1.80. The van der Waals surface area contributed by atoms with Crippen molar-refractivity contribution >= 4 is 17.4 Å². The minimum absolute atomic E-state index is 0.0742. The van der Waals surface area contributed by atoms with Gasteiger partial charge in [0.1, 0.15) is 5.82 Å². The molecule has 0 spiro atoms. The van der Waals surface area contributed by atoms with Crippen LogP contribution in [0.2, 0.25) is 0 Å². The van der Waals surface area contributed by atoms with Gasteiger partial charge in [0.25, 0.3) is 5.91 Å². The van der Waals surface area contributed by atoms with Gasteiger partial charge in [-0.25, -0.2) is 4.98 Å². The first-order valence-corrected chi connectivity index (χ1v) is 6.51. The number of pyridine rings is 1. The van der Waals surface area contributed by atoms with Crippen LogP contribution in [-0.4, -0.2) is 29.9 Å². The molecule has 0 saturated heterocycles. The van der Waals surface area contributed by atoms with Crippen molar-refractivity contribution < 1.29 is 4.79 Å². The average Bonchev–Trinajstić information content (AvgIpc) is 2.49. The number of amides is 1. The molecule has 1 aromatic heterocycles. The van der Waals surface area contributed by atoms with Gasteiger partial charge in [-0.15, -0.1) is 0 Å². The van der Waals surface area contributed by atoms with E-state index in [1.54, 1.807) is 32.4 Å². The lowest BCUT2D eigenvalue weighted by Gasteiger charge is -2.10. The van der Waals surface area contributed by atoms with Gasteiger partial charge in [0, 0.05) is 26.0 Å². The van der Waals surface area contributed by atoms with Crippen LogP contribution >= 0.6 is 0 Å². The van der Waals surface area contributed by atoms with Crippen LogP contribution in [0.25, 0.3) is 0 Å². The molecule has 0 fully saturated rings. The molecule has 0 aliphatic heterocycles. The number of nitriles is 1. The molecule has 0 atom stereocenters. The van der Waals surface area contributed by atoms with E-state index in [0.29, 0.717) is 17.8 Å².